The van der Waals surface area contributed by atoms with E-state index in [0.29, 0.717) is 32.2 Å². The summed E-state index contributed by atoms with van der Waals surface area (Å²) in [7, 11) is 3.12. The van der Waals surface area contributed by atoms with E-state index in [2.05, 4.69) is 0 Å². The van der Waals surface area contributed by atoms with Crippen LogP contribution in [0.3, 0.4) is 0 Å². The fraction of sp³-hybridized carbons (Fsp3) is 0.562. The number of carboxylic acid groups (broad SMARTS) is 1. The topological polar surface area (TPSA) is 102 Å². The minimum Gasteiger partial charge on any atom is -0.480 e. The number of hydrogen-bond donors (Lipinski definition) is 1. The summed E-state index contributed by atoms with van der Waals surface area (Å²) in [5, 5.41) is 8.78. The van der Waals surface area contributed by atoms with Crippen LogP contribution in [-0.2, 0) is 23.7 Å². The Hall–Kier alpha value is -1.78. The Morgan fingerprint density at radius 3 is 2.08 bits per heavy atom. The SMILES string of the molecule is COCCOCOc1ccc(OCC(=O)O)c(Cl)c1OCOCCOC. The van der Waals surface area contributed by atoms with Gasteiger partial charge in [-0.15, -0.1) is 0 Å². The predicted octanol–water partition coefficient (Wildman–Crippen LogP) is 1.80. The molecular formula is C16H23ClO9. The molecule has 0 atom stereocenters. The van der Waals surface area contributed by atoms with Crippen LogP contribution >= 0.6 is 11.6 Å². The molecule has 0 unspecified atom stereocenters. The molecule has 148 valence electrons. The van der Waals surface area contributed by atoms with Crippen molar-refractivity contribution in [3.05, 3.63) is 17.2 Å². The van der Waals surface area contributed by atoms with Crippen LogP contribution in [0.1, 0.15) is 0 Å². The van der Waals surface area contributed by atoms with Crippen molar-refractivity contribution < 1.29 is 43.1 Å². The van der Waals surface area contributed by atoms with Crippen LogP contribution in [0.5, 0.6) is 17.2 Å². The van der Waals surface area contributed by atoms with Crippen molar-refractivity contribution in [1.82, 2.24) is 0 Å². The summed E-state index contributed by atoms with van der Waals surface area (Å²) >= 11 is 6.24. The standard InChI is InChI=1S/C16H23ClO9/c1-20-5-7-22-10-25-13-4-3-12(24-9-14(18)19)15(17)16(13)26-11-23-8-6-21-2/h3-4H,5-11H2,1-2H3,(H,18,19). The van der Waals surface area contributed by atoms with Crippen LogP contribution in [0.2, 0.25) is 5.02 Å². The fourth-order valence-corrected chi connectivity index (χ4v) is 1.89. The highest BCUT2D eigenvalue weighted by Gasteiger charge is 2.17. The molecule has 10 heteroatoms. The average Bonchev–Trinajstić information content (AvgIpc) is 2.62. The molecule has 0 aliphatic heterocycles. The molecule has 0 bridgehead atoms. The molecule has 0 aromatic heterocycles. The van der Waals surface area contributed by atoms with Gasteiger partial charge >= 0.3 is 5.97 Å². The van der Waals surface area contributed by atoms with Crippen molar-refractivity contribution in [3.63, 3.8) is 0 Å². The quantitative estimate of drug-likeness (QED) is 0.352. The van der Waals surface area contributed by atoms with Crippen molar-refractivity contribution >= 4 is 17.6 Å². The smallest absolute Gasteiger partial charge is 0.341 e. The van der Waals surface area contributed by atoms with E-state index in [1.165, 1.54) is 12.1 Å². The third-order valence-corrected chi connectivity index (χ3v) is 3.18. The van der Waals surface area contributed by atoms with Crippen molar-refractivity contribution in [1.29, 1.82) is 0 Å². The third-order valence-electron chi connectivity index (χ3n) is 2.82. The highest BCUT2D eigenvalue weighted by Crippen LogP contribution is 2.41. The second-order valence-electron chi connectivity index (χ2n) is 4.71. The lowest BCUT2D eigenvalue weighted by molar-refractivity contribution is -0.139. The van der Waals surface area contributed by atoms with E-state index >= 15 is 0 Å². The highest BCUT2D eigenvalue weighted by atomic mass is 35.5. The molecular weight excluding hydrogens is 372 g/mol. The summed E-state index contributed by atoms with van der Waals surface area (Å²) in [5.74, 6) is -0.528. The van der Waals surface area contributed by atoms with Crippen LogP contribution < -0.4 is 14.2 Å². The van der Waals surface area contributed by atoms with Gasteiger partial charge < -0.3 is 38.3 Å². The van der Waals surface area contributed by atoms with E-state index < -0.39 is 12.6 Å². The van der Waals surface area contributed by atoms with E-state index in [0.717, 1.165) is 0 Å². The highest BCUT2D eigenvalue weighted by molar-refractivity contribution is 6.33. The van der Waals surface area contributed by atoms with Crippen molar-refractivity contribution in [2.75, 3.05) is 60.8 Å². The molecule has 1 N–H and O–H groups in total. The van der Waals surface area contributed by atoms with Gasteiger partial charge in [0.05, 0.1) is 26.4 Å². The van der Waals surface area contributed by atoms with E-state index in [-0.39, 0.29) is 30.1 Å². The summed E-state index contributed by atoms with van der Waals surface area (Å²) in [6.45, 7) is 0.852. The summed E-state index contributed by atoms with van der Waals surface area (Å²) in [6.07, 6.45) is 0. The molecule has 0 saturated heterocycles. The molecule has 0 aliphatic carbocycles. The lowest BCUT2D eigenvalue weighted by atomic mass is 10.3. The van der Waals surface area contributed by atoms with Gasteiger partial charge in [-0.1, -0.05) is 11.6 Å². The van der Waals surface area contributed by atoms with Crippen LogP contribution in [0.15, 0.2) is 12.1 Å². The van der Waals surface area contributed by atoms with Gasteiger partial charge in [0.1, 0.15) is 10.8 Å². The number of carboxylic acids is 1. The first-order valence-corrected chi connectivity index (χ1v) is 8.04. The molecule has 9 nitrogen and oxygen atoms in total. The van der Waals surface area contributed by atoms with E-state index in [1.54, 1.807) is 14.2 Å². The molecule has 0 amide bonds. The monoisotopic (exact) mass is 394 g/mol. The lowest BCUT2D eigenvalue weighted by Gasteiger charge is -2.16. The van der Waals surface area contributed by atoms with Crippen molar-refractivity contribution in [3.8, 4) is 17.2 Å². The van der Waals surface area contributed by atoms with Gasteiger partial charge in [0.2, 0.25) is 0 Å². The van der Waals surface area contributed by atoms with Gasteiger partial charge in [-0.05, 0) is 12.1 Å². The summed E-state index contributed by atoms with van der Waals surface area (Å²) in [4.78, 5) is 10.7. The maximum atomic E-state index is 10.7. The number of aliphatic carboxylic acids is 1. The average molecular weight is 395 g/mol. The van der Waals surface area contributed by atoms with Gasteiger partial charge in [-0.25, -0.2) is 4.79 Å². The van der Waals surface area contributed by atoms with Crippen LogP contribution in [-0.4, -0.2) is 71.9 Å². The normalized spacial score (nSPS) is 10.6. The zero-order valence-electron chi connectivity index (χ0n) is 14.7. The van der Waals surface area contributed by atoms with Crippen molar-refractivity contribution in [2.24, 2.45) is 0 Å². The zero-order chi connectivity index (χ0) is 19.2. The molecule has 0 radical (unpaired) electrons. The molecule has 0 spiro atoms. The minimum atomic E-state index is -1.13. The number of benzene rings is 1. The number of ether oxygens (including phenoxy) is 7. The Morgan fingerprint density at radius 2 is 1.50 bits per heavy atom. The molecule has 0 fully saturated rings. The molecule has 0 saturated carbocycles. The van der Waals surface area contributed by atoms with Crippen LogP contribution in [0.4, 0.5) is 0 Å². The number of methoxy groups -OCH3 is 2. The first-order valence-electron chi connectivity index (χ1n) is 7.66. The molecule has 1 rings (SSSR count). The third kappa shape index (κ3) is 8.54. The Balaban J connectivity index is 2.74. The van der Waals surface area contributed by atoms with Crippen molar-refractivity contribution in [2.45, 2.75) is 0 Å². The van der Waals surface area contributed by atoms with Crippen LogP contribution in [0, 0.1) is 0 Å². The summed E-state index contributed by atoms with van der Waals surface area (Å²) < 4.78 is 36.3. The number of hydrogen-bond acceptors (Lipinski definition) is 8. The van der Waals surface area contributed by atoms with E-state index in [9.17, 15) is 4.79 Å². The van der Waals surface area contributed by atoms with Crippen LogP contribution in [0.25, 0.3) is 0 Å². The number of rotatable bonds is 15. The van der Waals surface area contributed by atoms with Gasteiger partial charge in [0.25, 0.3) is 0 Å². The first kappa shape index (κ1) is 22.3. The van der Waals surface area contributed by atoms with Gasteiger partial charge in [-0.3, -0.25) is 0 Å². The minimum absolute atomic E-state index is 0.0457. The Kier molecular flexibility index (Phi) is 11.5. The fourth-order valence-electron chi connectivity index (χ4n) is 1.63. The number of carbonyl (C=O) groups is 1. The van der Waals surface area contributed by atoms with Gasteiger partial charge in [0.15, 0.2) is 31.7 Å². The van der Waals surface area contributed by atoms with Gasteiger partial charge in [0, 0.05) is 14.2 Å². The maximum absolute atomic E-state index is 10.7. The summed E-state index contributed by atoms with van der Waals surface area (Å²) in [6, 6.07) is 3.02. The van der Waals surface area contributed by atoms with E-state index in [1.807, 2.05) is 0 Å². The number of halogens is 1. The Bertz CT molecular complexity index is 539. The lowest BCUT2D eigenvalue weighted by Crippen LogP contribution is -2.12. The molecule has 0 heterocycles. The second-order valence-corrected chi connectivity index (χ2v) is 5.09. The zero-order valence-corrected chi connectivity index (χ0v) is 15.5. The van der Waals surface area contributed by atoms with Gasteiger partial charge in [-0.2, -0.15) is 0 Å². The maximum Gasteiger partial charge on any atom is 0.341 e. The predicted molar refractivity (Wildman–Crippen MR) is 91.2 cm³/mol. The largest absolute Gasteiger partial charge is 0.480 e. The van der Waals surface area contributed by atoms with E-state index in [4.69, 9.17) is 49.9 Å². The first-order chi connectivity index (χ1) is 12.6. The second kappa shape index (κ2) is 13.4. The Labute approximate surface area is 156 Å². The molecule has 1 aromatic rings. The summed E-state index contributed by atoms with van der Waals surface area (Å²) in [5.41, 5.74) is 0. The molecule has 26 heavy (non-hydrogen) atoms. The molecule has 1 aromatic carbocycles. The molecule has 0 aliphatic rings. The Morgan fingerprint density at radius 1 is 0.923 bits per heavy atom.